The number of nitrogens with zero attached hydrogens (tertiary/aromatic N) is 2. The van der Waals surface area contributed by atoms with Gasteiger partial charge in [-0.05, 0) is 43.9 Å². The molecule has 2 rings (SSSR count). The predicted octanol–water partition coefficient (Wildman–Crippen LogP) is 3.98. The van der Waals surface area contributed by atoms with Gasteiger partial charge in [0, 0.05) is 15.8 Å². The molecule has 0 atom stereocenters. The lowest BCUT2D eigenvalue weighted by Crippen LogP contribution is -2.39. The van der Waals surface area contributed by atoms with Crippen LogP contribution in [0.4, 0.5) is 5.69 Å². The molecule has 1 aromatic carbocycles. The van der Waals surface area contributed by atoms with Crippen molar-refractivity contribution in [3.05, 3.63) is 28.2 Å². The van der Waals surface area contributed by atoms with E-state index in [-0.39, 0.29) is 15.7 Å². The van der Waals surface area contributed by atoms with Crippen LogP contribution in [0, 0.1) is 0 Å². The molecule has 1 fully saturated rings. The van der Waals surface area contributed by atoms with Gasteiger partial charge >= 0.3 is 0 Å². The summed E-state index contributed by atoms with van der Waals surface area (Å²) in [5.41, 5.74) is 3.67. The molecule has 1 saturated carbocycles. The second-order valence-electron chi connectivity index (χ2n) is 6.38. The van der Waals surface area contributed by atoms with Gasteiger partial charge in [0.1, 0.15) is 6.54 Å². The van der Waals surface area contributed by atoms with E-state index in [9.17, 15) is 13.2 Å². The summed E-state index contributed by atoms with van der Waals surface area (Å²) in [6.45, 7) is -0.397. The summed E-state index contributed by atoms with van der Waals surface area (Å²) in [7, 11) is -3.69. The van der Waals surface area contributed by atoms with Crippen molar-refractivity contribution in [2.24, 2.45) is 5.10 Å². The van der Waals surface area contributed by atoms with Gasteiger partial charge in [-0.25, -0.2) is 13.8 Å². The van der Waals surface area contributed by atoms with Crippen LogP contribution in [0.1, 0.15) is 44.9 Å². The average Bonchev–Trinajstić information content (AvgIpc) is 2.49. The summed E-state index contributed by atoms with van der Waals surface area (Å²) >= 11 is 11.9. The Labute approximate surface area is 164 Å². The Morgan fingerprint density at radius 3 is 2.15 bits per heavy atom. The Morgan fingerprint density at radius 2 is 1.62 bits per heavy atom. The fourth-order valence-corrected chi connectivity index (χ4v) is 4.17. The predicted molar refractivity (Wildman–Crippen MR) is 107 cm³/mol. The number of hydrogen-bond donors (Lipinski definition) is 1. The summed E-state index contributed by atoms with van der Waals surface area (Å²) < 4.78 is 25.2. The van der Waals surface area contributed by atoms with E-state index in [0.29, 0.717) is 0 Å². The van der Waals surface area contributed by atoms with Crippen LogP contribution in [0.3, 0.4) is 0 Å². The number of amides is 1. The summed E-state index contributed by atoms with van der Waals surface area (Å²) in [6, 6.07) is 4.39. The maximum absolute atomic E-state index is 12.2. The monoisotopic (exact) mass is 419 g/mol. The van der Waals surface area contributed by atoms with E-state index >= 15 is 0 Å². The van der Waals surface area contributed by atoms with Crippen molar-refractivity contribution in [2.75, 3.05) is 17.1 Å². The molecule has 1 amide bonds. The lowest BCUT2D eigenvalue weighted by atomic mass is 9.99. The Balaban J connectivity index is 2.09. The van der Waals surface area contributed by atoms with Crippen molar-refractivity contribution in [1.82, 2.24) is 5.43 Å². The van der Waals surface area contributed by atoms with Crippen LogP contribution in [-0.2, 0) is 14.8 Å². The molecule has 0 aromatic heterocycles. The van der Waals surface area contributed by atoms with Gasteiger partial charge in [-0.2, -0.15) is 5.10 Å². The maximum atomic E-state index is 12.2. The van der Waals surface area contributed by atoms with Gasteiger partial charge in [0.15, 0.2) is 0 Å². The van der Waals surface area contributed by atoms with E-state index in [4.69, 9.17) is 23.2 Å². The molecule has 0 aliphatic heterocycles. The highest BCUT2D eigenvalue weighted by Gasteiger charge is 2.21. The van der Waals surface area contributed by atoms with Crippen LogP contribution in [-0.4, -0.2) is 32.8 Å². The van der Waals surface area contributed by atoms with Crippen molar-refractivity contribution in [1.29, 1.82) is 0 Å². The zero-order chi connectivity index (χ0) is 19.2. The highest BCUT2D eigenvalue weighted by Crippen LogP contribution is 2.26. The summed E-state index contributed by atoms with van der Waals surface area (Å²) in [5.74, 6) is -0.513. The van der Waals surface area contributed by atoms with Crippen LogP contribution >= 0.6 is 23.2 Å². The van der Waals surface area contributed by atoms with Crippen molar-refractivity contribution in [3.8, 4) is 0 Å². The number of halogens is 2. The Hall–Kier alpha value is -1.31. The van der Waals surface area contributed by atoms with Gasteiger partial charge in [-0.15, -0.1) is 0 Å². The molecule has 0 spiro atoms. The number of nitrogens with one attached hydrogen (secondary N) is 1. The fourth-order valence-electron chi connectivity index (χ4n) is 2.82. The molecule has 6 nitrogen and oxygen atoms in total. The van der Waals surface area contributed by atoms with E-state index in [1.807, 2.05) is 0 Å². The van der Waals surface area contributed by atoms with E-state index in [1.165, 1.54) is 37.5 Å². The minimum Gasteiger partial charge on any atom is -0.271 e. The third-order valence-electron chi connectivity index (χ3n) is 4.09. The lowest BCUT2D eigenvalue weighted by molar-refractivity contribution is -0.119. The van der Waals surface area contributed by atoms with Gasteiger partial charge in [0.25, 0.3) is 5.91 Å². The first-order valence-corrected chi connectivity index (χ1v) is 11.1. The fraction of sp³-hybridized carbons (Fsp3) is 0.529. The topological polar surface area (TPSA) is 78.8 Å². The molecule has 0 heterocycles. The number of hydrogen-bond acceptors (Lipinski definition) is 4. The molecule has 1 aliphatic rings. The van der Waals surface area contributed by atoms with Gasteiger partial charge in [-0.3, -0.25) is 9.10 Å². The lowest BCUT2D eigenvalue weighted by Gasteiger charge is -2.22. The average molecular weight is 420 g/mol. The molecule has 0 radical (unpaired) electrons. The Bertz CT molecular complexity index is 751. The smallest absolute Gasteiger partial charge is 0.260 e. The molecule has 1 N–H and O–H groups in total. The van der Waals surface area contributed by atoms with Crippen LogP contribution in [0.5, 0.6) is 0 Å². The molecular formula is C17H23Cl2N3O3S. The summed E-state index contributed by atoms with van der Waals surface area (Å²) in [4.78, 5) is 12.2. The van der Waals surface area contributed by atoms with Crippen LogP contribution in [0.25, 0.3) is 0 Å². The molecule has 1 aromatic rings. The summed E-state index contributed by atoms with van der Waals surface area (Å²) in [6.07, 6.45) is 8.45. The standard InChI is InChI=1S/C17H23Cl2N3O3S/c1-26(24,25)22(16-10-13(18)9-14(19)11-16)12-17(23)21-20-15-7-5-3-2-4-6-8-15/h9-11H,2-8,12H2,1H3,(H,21,23). The quantitative estimate of drug-likeness (QED) is 0.732. The minimum atomic E-state index is -3.69. The molecule has 1 aliphatic carbocycles. The van der Waals surface area contributed by atoms with Gasteiger partial charge < -0.3 is 0 Å². The second kappa shape index (κ2) is 9.58. The van der Waals surface area contributed by atoms with Crippen LogP contribution in [0.15, 0.2) is 23.3 Å². The highest BCUT2D eigenvalue weighted by atomic mass is 35.5. The largest absolute Gasteiger partial charge is 0.271 e. The molecule has 0 saturated heterocycles. The Morgan fingerprint density at radius 1 is 1.08 bits per heavy atom. The minimum absolute atomic E-state index is 0.235. The first kappa shape index (κ1) is 21.0. The normalized spacial score (nSPS) is 15.7. The van der Waals surface area contributed by atoms with Crippen LogP contribution in [0.2, 0.25) is 10.0 Å². The first-order chi connectivity index (χ1) is 12.3. The maximum Gasteiger partial charge on any atom is 0.260 e. The molecular weight excluding hydrogens is 397 g/mol. The van der Waals surface area contributed by atoms with E-state index < -0.39 is 22.5 Å². The van der Waals surface area contributed by atoms with E-state index in [2.05, 4.69) is 10.5 Å². The van der Waals surface area contributed by atoms with Gasteiger partial charge in [0.2, 0.25) is 10.0 Å². The molecule has 9 heteroatoms. The van der Waals surface area contributed by atoms with Gasteiger partial charge in [-0.1, -0.05) is 42.5 Å². The Kier molecular flexibility index (Phi) is 7.73. The number of benzene rings is 1. The number of rotatable bonds is 5. The van der Waals surface area contributed by atoms with E-state index in [1.54, 1.807) is 0 Å². The highest BCUT2D eigenvalue weighted by molar-refractivity contribution is 7.92. The number of carbonyl (C=O) groups excluding carboxylic acids is 1. The molecule has 26 heavy (non-hydrogen) atoms. The first-order valence-electron chi connectivity index (χ1n) is 8.54. The molecule has 144 valence electrons. The summed E-state index contributed by atoms with van der Waals surface area (Å²) in [5, 5.41) is 4.77. The number of carbonyl (C=O) groups is 1. The van der Waals surface area contributed by atoms with Crippen molar-refractivity contribution in [2.45, 2.75) is 44.9 Å². The zero-order valence-electron chi connectivity index (χ0n) is 14.7. The zero-order valence-corrected chi connectivity index (χ0v) is 17.0. The van der Waals surface area contributed by atoms with Crippen molar-refractivity contribution in [3.63, 3.8) is 0 Å². The van der Waals surface area contributed by atoms with Crippen molar-refractivity contribution < 1.29 is 13.2 Å². The number of sulfonamides is 1. The van der Waals surface area contributed by atoms with Gasteiger partial charge in [0.05, 0.1) is 11.9 Å². The van der Waals surface area contributed by atoms with Crippen molar-refractivity contribution >= 4 is 50.5 Å². The number of hydrazone groups is 1. The third kappa shape index (κ3) is 6.78. The third-order valence-corrected chi connectivity index (χ3v) is 5.67. The molecule has 0 unspecified atom stereocenters. The van der Waals surface area contributed by atoms with Crippen LogP contribution < -0.4 is 9.73 Å². The second-order valence-corrected chi connectivity index (χ2v) is 9.16. The number of anilines is 1. The van der Waals surface area contributed by atoms with E-state index in [0.717, 1.165) is 42.0 Å². The SMILES string of the molecule is CS(=O)(=O)N(CC(=O)NN=C1CCCCCCC1)c1cc(Cl)cc(Cl)c1. The molecule has 0 bridgehead atoms.